The summed E-state index contributed by atoms with van der Waals surface area (Å²) in [7, 11) is 1.38. The second kappa shape index (κ2) is 9.76. The molecular formula is C19H22N2O8. The lowest BCUT2D eigenvalue weighted by atomic mass is 9.88. The molecule has 3 atom stereocenters. The maximum absolute atomic E-state index is 12.1. The SMILES string of the molecule is COc1ccccc1C(=O)NC(=O)COC(=O)C[C@@H]1C(=O)C[C@H](C)[C@H]1C[N+](=O)[O-]. The van der Waals surface area contributed by atoms with Gasteiger partial charge in [0.05, 0.1) is 19.1 Å². The predicted molar refractivity (Wildman–Crippen MR) is 98.7 cm³/mol. The Labute approximate surface area is 166 Å². The monoisotopic (exact) mass is 406 g/mol. The third-order valence-electron chi connectivity index (χ3n) is 4.90. The van der Waals surface area contributed by atoms with E-state index in [1.807, 2.05) is 0 Å². The number of ketones is 1. The number of carbonyl (C=O) groups excluding carboxylic acids is 4. The third-order valence-corrected chi connectivity index (χ3v) is 4.90. The minimum Gasteiger partial charge on any atom is -0.496 e. The molecule has 0 unspecified atom stereocenters. The van der Waals surface area contributed by atoms with E-state index < -0.39 is 47.7 Å². The molecule has 0 radical (unpaired) electrons. The fraction of sp³-hybridized carbons (Fsp3) is 0.474. The van der Waals surface area contributed by atoms with Gasteiger partial charge in [0.25, 0.3) is 11.8 Å². The van der Waals surface area contributed by atoms with E-state index in [-0.39, 0.29) is 35.9 Å². The van der Waals surface area contributed by atoms with Gasteiger partial charge >= 0.3 is 5.97 Å². The summed E-state index contributed by atoms with van der Waals surface area (Å²) >= 11 is 0. The fourth-order valence-electron chi connectivity index (χ4n) is 3.45. The van der Waals surface area contributed by atoms with E-state index in [1.165, 1.54) is 13.2 Å². The number of hydrogen-bond donors (Lipinski definition) is 1. The topological polar surface area (TPSA) is 142 Å². The molecule has 29 heavy (non-hydrogen) atoms. The summed E-state index contributed by atoms with van der Waals surface area (Å²) in [6, 6.07) is 6.29. The first kappa shape index (κ1) is 22.0. The number of esters is 1. The molecule has 1 aliphatic rings. The van der Waals surface area contributed by atoms with Gasteiger partial charge in [0.15, 0.2) is 6.61 Å². The minimum atomic E-state index is -0.845. The number of nitrogens with zero attached hydrogens (tertiary/aromatic N) is 1. The summed E-state index contributed by atoms with van der Waals surface area (Å²) in [4.78, 5) is 58.4. The highest BCUT2D eigenvalue weighted by Crippen LogP contribution is 2.36. The Hall–Kier alpha value is -3.30. The normalized spacial score (nSPS) is 20.8. The van der Waals surface area contributed by atoms with E-state index in [0.717, 1.165) is 0 Å². The summed E-state index contributed by atoms with van der Waals surface area (Å²) in [5, 5.41) is 12.9. The highest BCUT2D eigenvalue weighted by atomic mass is 16.6. The number of amides is 2. The van der Waals surface area contributed by atoms with Gasteiger partial charge in [-0.1, -0.05) is 19.1 Å². The van der Waals surface area contributed by atoms with Crippen molar-refractivity contribution in [3.8, 4) is 5.75 Å². The summed E-state index contributed by atoms with van der Waals surface area (Å²) < 4.78 is 9.88. The molecule has 0 heterocycles. The average Bonchev–Trinajstić information content (AvgIpc) is 2.92. The van der Waals surface area contributed by atoms with Crippen molar-refractivity contribution in [3.63, 3.8) is 0 Å². The Bertz CT molecular complexity index is 822. The number of carbonyl (C=O) groups is 4. The lowest BCUT2D eigenvalue weighted by Gasteiger charge is -2.17. The Morgan fingerprint density at radius 3 is 2.62 bits per heavy atom. The van der Waals surface area contributed by atoms with Crippen LogP contribution in [0.5, 0.6) is 5.75 Å². The second-order valence-electron chi connectivity index (χ2n) is 6.88. The summed E-state index contributed by atoms with van der Waals surface area (Å²) in [5.74, 6) is -3.89. The van der Waals surface area contributed by atoms with Gasteiger partial charge in [-0.25, -0.2) is 0 Å². The molecule has 1 saturated carbocycles. The van der Waals surface area contributed by atoms with Crippen LogP contribution in [-0.4, -0.2) is 48.8 Å². The molecule has 2 rings (SSSR count). The zero-order valence-electron chi connectivity index (χ0n) is 16.1. The van der Waals surface area contributed by atoms with Gasteiger partial charge in [0.2, 0.25) is 6.54 Å². The highest BCUT2D eigenvalue weighted by Gasteiger charge is 2.44. The Morgan fingerprint density at radius 2 is 1.97 bits per heavy atom. The van der Waals surface area contributed by atoms with Crippen molar-refractivity contribution >= 4 is 23.6 Å². The first-order valence-corrected chi connectivity index (χ1v) is 9.00. The molecule has 1 aromatic rings. The number of nitrogens with one attached hydrogen (secondary N) is 1. The zero-order chi connectivity index (χ0) is 21.6. The number of hydrogen-bond acceptors (Lipinski definition) is 8. The van der Waals surface area contributed by atoms with Gasteiger partial charge in [0.1, 0.15) is 11.5 Å². The number of imide groups is 1. The van der Waals surface area contributed by atoms with Crippen LogP contribution in [0.3, 0.4) is 0 Å². The van der Waals surface area contributed by atoms with Gasteiger partial charge < -0.3 is 9.47 Å². The lowest BCUT2D eigenvalue weighted by Crippen LogP contribution is -2.35. The van der Waals surface area contributed by atoms with E-state index in [4.69, 9.17) is 9.47 Å². The van der Waals surface area contributed by atoms with Crippen molar-refractivity contribution in [2.24, 2.45) is 17.8 Å². The Kier molecular flexibility index (Phi) is 7.40. The summed E-state index contributed by atoms with van der Waals surface area (Å²) in [6.07, 6.45) is -0.167. The largest absolute Gasteiger partial charge is 0.496 e. The average molecular weight is 406 g/mol. The maximum Gasteiger partial charge on any atom is 0.307 e. The number of nitro groups is 1. The van der Waals surface area contributed by atoms with Crippen molar-refractivity contribution in [2.45, 2.75) is 19.8 Å². The molecule has 0 aliphatic heterocycles. The molecule has 1 aliphatic carbocycles. The Morgan fingerprint density at radius 1 is 1.28 bits per heavy atom. The van der Waals surface area contributed by atoms with Crippen LogP contribution in [0.15, 0.2) is 24.3 Å². The van der Waals surface area contributed by atoms with Crippen LogP contribution in [0.1, 0.15) is 30.1 Å². The van der Waals surface area contributed by atoms with Crippen molar-refractivity contribution in [2.75, 3.05) is 20.3 Å². The molecule has 10 nitrogen and oxygen atoms in total. The molecule has 1 aromatic carbocycles. The van der Waals surface area contributed by atoms with Crippen molar-refractivity contribution < 1.29 is 33.6 Å². The van der Waals surface area contributed by atoms with E-state index in [9.17, 15) is 29.3 Å². The molecular weight excluding hydrogens is 384 g/mol. The zero-order valence-corrected chi connectivity index (χ0v) is 16.1. The number of benzene rings is 1. The molecule has 1 fully saturated rings. The third kappa shape index (κ3) is 5.84. The van der Waals surface area contributed by atoms with Crippen molar-refractivity contribution in [3.05, 3.63) is 39.9 Å². The smallest absolute Gasteiger partial charge is 0.307 e. The van der Waals surface area contributed by atoms with Crippen LogP contribution >= 0.6 is 0 Å². The van der Waals surface area contributed by atoms with E-state index in [2.05, 4.69) is 5.32 Å². The van der Waals surface area contributed by atoms with E-state index in [1.54, 1.807) is 25.1 Å². The molecule has 2 amide bonds. The maximum atomic E-state index is 12.1. The molecule has 10 heteroatoms. The number of methoxy groups -OCH3 is 1. The quantitative estimate of drug-likeness (QED) is 0.383. The number of rotatable bonds is 8. The minimum absolute atomic E-state index is 0.142. The number of Topliss-reactive ketones (excluding diaryl/α,β-unsaturated/α-hetero) is 1. The van der Waals surface area contributed by atoms with Gasteiger partial charge in [-0.05, 0) is 18.1 Å². The van der Waals surface area contributed by atoms with Gasteiger partial charge in [-0.2, -0.15) is 0 Å². The first-order valence-electron chi connectivity index (χ1n) is 9.00. The van der Waals surface area contributed by atoms with Crippen LogP contribution in [0, 0.1) is 27.9 Å². The molecule has 1 N–H and O–H groups in total. The van der Waals surface area contributed by atoms with Gasteiger partial charge in [-0.3, -0.25) is 34.6 Å². The second-order valence-corrected chi connectivity index (χ2v) is 6.88. The standard InChI is InChI=1S/C19H22N2O8/c1-11-7-15(22)13(14(11)9-21(26)27)8-18(24)29-10-17(23)20-19(25)12-5-3-4-6-16(12)28-2/h3-6,11,13-14H,7-10H2,1-2H3,(H,20,23,25)/t11-,13-,14+/m0/s1. The van der Waals surface area contributed by atoms with Gasteiger partial charge in [0, 0.05) is 23.2 Å². The van der Waals surface area contributed by atoms with Crippen LogP contribution in [-0.2, 0) is 19.1 Å². The molecule has 0 bridgehead atoms. The molecule has 156 valence electrons. The van der Waals surface area contributed by atoms with Crippen LogP contribution in [0.2, 0.25) is 0 Å². The number of ether oxygens (including phenoxy) is 2. The van der Waals surface area contributed by atoms with Crippen molar-refractivity contribution in [1.29, 1.82) is 0 Å². The van der Waals surface area contributed by atoms with Crippen molar-refractivity contribution in [1.82, 2.24) is 5.32 Å². The van der Waals surface area contributed by atoms with Crippen LogP contribution in [0.25, 0.3) is 0 Å². The van der Waals surface area contributed by atoms with E-state index >= 15 is 0 Å². The van der Waals surface area contributed by atoms with Gasteiger partial charge in [-0.15, -0.1) is 0 Å². The number of para-hydroxylation sites is 1. The molecule has 0 spiro atoms. The predicted octanol–water partition coefficient (Wildman–Crippen LogP) is 1.00. The first-order chi connectivity index (χ1) is 13.7. The summed E-state index contributed by atoms with van der Waals surface area (Å²) in [6.45, 7) is 0.614. The summed E-state index contributed by atoms with van der Waals surface area (Å²) in [5.41, 5.74) is 0.142. The highest BCUT2D eigenvalue weighted by molar-refractivity contribution is 6.06. The van der Waals surface area contributed by atoms with Crippen LogP contribution in [0.4, 0.5) is 0 Å². The van der Waals surface area contributed by atoms with Crippen LogP contribution < -0.4 is 10.1 Å². The molecule has 0 aromatic heterocycles. The fourth-order valence-corrected chi connectivity index (χ4v) is 3.45. The lowest BCUT2D eigenvalue weighted by molar-refractivity contribution is -0.490. The Balaban J connectivity index is 1.86. The van der Waals surface area contributed by atoms with E-state index in [0.29, 0.717) is 0 Å². The molecule has 0 saturated heterocycles.